The van der Waals surface area contributed by atoms with Gasteiger partial charge in [0, 0.05) is 19.0 Å². The second-order valence-corrected chi connectivity index (χ2v) is 7.75. The minimum atomic E-state index is -0.554. The molecule has 1 heterocycles. The van der Waals surface area contributed by atoms with Crippen molar-refractivity contribution in [3.05, 3.63) is 71.8 Å². The van der Waals surface area contributed by atoms with Crippen LogP contribution in [0.2, 0.25) is 0 Å². The summed E-state index contributed by atoms with van der Waals surface area (Å²) in [7, 11) is 0. The molecule has 0 aromatic heterocycles. The van der Waals surface area contributed by atoms with Crippen LogP contribution in [0.3, 0.4) is 0 Å². The lowest BCUT2D eigenvalue weighted by Crippen LogP contribution is -2.36. The van der Waals surface area contributed by atoms with Gasteiger partial charge in [-0.2, -0.15) is 0 Å². The van der Waals surface area contributed by atoms with Crippen molar-refractivity contribution in [1.29, 1.82) is 0 Å². The fourth-order valence-corrected chi connectivity index (χ4v) is 3.51. The normalized spacial score (nSPS) is 18.4. The van der Waals surface area contributed by atoms with Gasteiger partial charge < -0.3 is 14.4 Å². The van der Waals surface area contributed by atoms with Gasteiger partial charge in [-0.05, 0) is 31.4 Å². The molecule has 2 unspecified atom stereocenters. The molecule has 0 bridgehead atoms. The van der Waals surface area contributed by atoms with E-state index in [4.69, 9.17) is 9.47 Å². The zero-order chi connectivity index (χ0) is 21.3. The van der Waals surface area contributed by atoms with Crippen molar-refractivity contribution in [2.45, 2.75) is 66.0 Å². The molecule has 4 heteroatoms. The van der Waals surface area contributed by atoms with Gasteiger partial charge in [-0.3, -0.25) is 4.79 Å². The van der Waals surface area contributed by atoms with Crippen LogP contribution in [0, 0.1) is 5.92 Å². The lowest BCUT2D eigenvalue weighted by molar-refractivity contribution is -0.146. The smallest absolute Gasteiger partial charge is 0.226 e. The van der Waals surface area contributed by atoms with Crippen LogP contribution in [0.25, 0.3) is 0 Å². The number of hydrogen-bond acceptors (Lipinski definition) is 3. The number of hydrogen-bond donors (Lipinski definition) is 0. The topological polar surface area (TPSA) is 38.8 Å². The second kappa shape index (κ2) is 11.1. The van der Waals surface area contributed by atoms with E-state index in [1.165, 1.54) is 0 Å². The molecular weight excluding hydrogens is 362 g/mol. The van der Waals surface area contributed by atoms with E-state index in [2.05, 4.69) is 24.3 Å². The predicted octanol–water partition coefficient (Wildman–Crippen LogP) is 5.42. The quantitative estimate of drug-likeness (QED) is 0.626. The predicted molar refractivity (Wildman–Crippen MR) is 117 cm³/mol. The van der Waals surface area contributed by atoms with E-state index >= 15 is 0 Å². The van der Waals surface area contributed by atoms with E-state index < -0.39 is 5.79 Å². The molecule has 1 amide bonds. The van der Waals surface area contributed by atoms with Gasteiger partial charge in [0.2, 0.25) is 5.91 Å². The highest BCUT2D eigenvalue weighted by atomic mass is 16.7. The van der Waals surface area contributed by atoms with Crippen LogP contribution < -0.4 is 0 Å². The first-order chi connectivity index (χ1) is 13.9. The third-order valence-corrected chi connectivity index (χ3v) is 4.85. The van der Waals surface area contributed by atoms with E-state index in [0.717, 1.165) is 11.1 Å². The average molecular weight is 398 g/mol. The van der Waals surface area contributed by atoms with Crippen molar-refractivity contribution < 1.29 is 14.3 Å². The van der Waals surface area contributed by atoms with Crippen molar-refractivity contribution in [2.75, 3.05) is 6.61 Å². The number of carbonyl (C=O) groups excluding carboxylic acids is 1. The maximum atomic E-state index is 13.2. The Kier molecular flexibility index (Phi) is 8.87. The van der Waals surface area contributed by atoms with Crippen LogP contribution >= 0.6 is 0 Å². The molecule has 0 radical (unpaired) electrons. The maximum absolute atomic E-state index is 13.2. The van der Waals surface area contributed by atoms with Gasteiger partial charge in [-0.15, -0.1) is 0 Å². The van der Waals surface area contributed by atoms with Crippen LogP contribution in [0.15, 0.2) is 60.7 Å². The fraction of sp³-hybridized carbons (Fsp3) is 0.480. The third kappa shape index (κ3) is 7.30. The van der Waals surface area contributed by atoms with E-state index in [0.29, 0.717) is 26.1 Å². The highest BCUT2D eigenvalue weighted by molar-refractivity contribution is 5.78. The Bertz CT molecular complexity index is 689. The van der Waals surface area contributed by atoms with Crippen molar-refractivity contribution in [2.24, 2.45) is 5.92 Å². The first-order valence-electron chi connectivity index (χ1n) is 10.6. The highest BCUT2D eigenvalue weighted by Crippen LogP contribution is 2.27. The molecule has 1 aliphatic rings. The summed E-state index contributed by atoms with van der Waals surface area (Å²) in [6.45, 7) is 11.6. The van der Waals surface area contributed by atoms with Crippen molar-refractivity contribution in [3.8, 4) is 0 Å². The molecule has 2 atom stereocenters. The number of benzene rings is 2. The molecule has 1 fully saturated rings. The van der Waals surface area contributed by atoms with Crippen molar-refractivity contribution >= 4 is 5.91 Å². The minimum Gasteiger partial charge on any atom is -0.348 e. The molecule has 0 saturated carbocycles. The van der Waals surface area contributed by atoms with E-state index in [1.54, 1.807) is 0 Å². The molecule has 0 N–H and O–H groups in total. The summed E-state index contributed by atoms with van der Waals surface area (Å²) in [5, 5.41) is 0. The third-order valence-electron chi connectivity index (χ3n) is 4.85. The van der Waals surface area contributed by atoms with Crippen LogP contribution in [0.5, 0.6) is 0 Å². The lowest BCUT2D eigenvalue weighted by atomic mass is 10.0. The van der Waals surface area contributed by atoms with E-state index in [1.807, 2.05) is 75.9 Å². The van der Waals surface area contributed by atoms with Crippen LogP contribution in [-0.4, -0.2) is 29.3 Å². The first kappa shape index (κ1) is 23.1. The largest absolute Gasteiger partial charge is 0.348 e. The zero-order valence-electron chi connectivity index (χ0n) is 18.4. The Morgan fingerprint density at radius 2 is 1.48 bits per heavy atom. The molecular formula is C25H35NO3. The number of amides is 1. The Balaban J connectivity index is 0.00000145. The summed E-state index contributed by atoms with van der Waals surface area (Å²) < 4.78 is 11.5. The number of nitrogens with zero attached hydrogens (tertiary/aromatic N) is 1. The average Bonchev–Trinajstić information content (AvgIpc) is 3.08. The monoisotopic (exact) mass is 397 g/mol. The van der Waals surface area contributed by atoms with Crippen molar-refractivity contribution in [3.63, 3.8) is 0 Å². The first-order valence-corrected chi connectivity index (χ1v) is 10.6. The Labute approximate surface area is 175 Å². The van der Waals surface area contributed by atoms with Gasteiger partial charge in [-0.1, -0.05) is 81.4 Å². The SMILES string of the molecule is CC.CC(CC1COC(C)(C)O1)C(=O)N(Cc1ccccc1)Cc1ccccc1. The molecule has 1 saturated heterocycles. The van der Waals surface area contributed by atoms with Crippen LogP contribution in [0.1, 0.15) is 52.2 Å². The summed E-state index contributed by atoms with van der Waals surface area (Å²) in [4.78, 5) is 15.2. The molecule has 0 spiro atoms. The molecule has 2 aromatic rings. The van der Waals surface area contributed by atoms with Gasteiger partial charge >= 0.3 is 0 Å². The van der Waals surface area contributed by atoms with Gasteiger partial charge in [0.25, 0.3) is 0 Å². The minimum absolute atomic E-state index is 0.0331. The molecule has 1 aliphatic heterocycles. The molecule has 3 rings (SSSR count). The molecule has 158 valence electrons. The summed E-state index contributed by atoms with van der Waals surface area (Å²) in [6.07, 6.45) is 0.636. The van der Waals surface area contributed by atoms with Crippen LogP contribution in [0.4, 0.5) is 0 Å². The maximum Gasteiger partial charge on any atom is 0.226 e. The Hall–Kier alpha value is -2.17. The number of rotatable bonds is 7. The van der Waals surface area contributed by atoms with Gasteiger partial charge in [0.15, 0.2) is 5.79 Å². The Morgan fingerprint density at radius 3 is 1.90 bits per heavy atom. The molecule has 2 aromatic carbocycles. The molecule has 29 heavy (non-hydrogen) atoms. The Morgan fingerprint density at radius 1 is 1.00 bits per heavy atom. The van der Waals surface area contributed by atoms with Crippen LogP contribution in [-0.2, 0) is 27.4 Å². The fourth-order valence-electron chi connectivity index (χ4n) is 3.51. The van der Waals surface area contributed by atoms with E-state index in [-0.39, 0.29) is 17.9 Å². The van der Waals surface area contributed by atoms with Gasteiger partial charge in [0.05, 0.1) is 12.7 Å². The van der Waals surface area contributed by atoms with Crippen molar-refractivity contribution in [1.82, 2.24) is 4.90 Å². The lowest BCUT2D eigenvalue weighted by Gasteiger charge is -2.27. The zero-order valence-corrected chi connectivity index (χ0v) is 18.4. The molecule has 0 aliphatic carbocycles. The van der Waals surface area contributed by atoms with Gasteiger partial charge in [0.1, 0.15) is 0 Å². The number of ether oxygens (including phenoxy) is 2. The number of carbonyl (C=O) groups is 1. The summed E-state index contributed by atoms with van der Waals surface area (Å²) in [5.74, 6) is -0.530. The van der Waals surface area contributed by atoms with Gasteiger partial charge in [-0.25, -0.2) is 0 Å². The summed E-state index contributed by atoms with van der Waals surface area (Å²) in [5.41, 5.74) is 2.27. The molecule has 4 nitrogen and oxygen atoms in total. The van der Waals surface area contributed by atoms with E-state index in [9.17, 15) is 4.79 Å². The standard InChI is InChI=1S/C23H29NO3.C2H6/c1-18(14-21-17-26-23(2,3)27-21)22(25)24(15-19-10-6-4-7-11-19)16-20-12-8-5-9-13-20;1-2/h4-13,18,21H,14-17H2,1-3H3;1-2H3. The highest BCUT2D eigenvalue weighted by Gasteiger charge is 2.35. The summed E-state index contributed by atoms with van der Waals surface area (Å²) >= 11 is 0. The second-order valence-electron chi connectivity index (χ2n) is 7.75. The summed E-state index contributed by atoms with van der Waals surface area (Å²) in [6, 6.07) is 20.3.